The number of nitrogens with zero attached hydrogens (tertiary/aromatic N) is 4. The summed E-state index contributed by atoms with van der Waals surface area (Å²) in [5.74, 6) is -0.144. The number of hydrogen-bond donors (Lipinski definition) is 1. The summed E-state index contributed by atoms with van der Waals surface area (Å²) >= 11 is 0. The first-order valence-electron chi connectivity index (χ1n) is 9.44. The number of nitrogens with one attached hydrogen (secondary N) is 1. The summed E-state index contributed by atoms with van der Waals surface area (Å²) in [6.45, 7) is 8.68. The molecule has 2 heterocycles. The number of imidazole rings is 1. The van der Waals surface area contributed by atoms with E-state index < -0.39 is 0 Å². The molecule has 0 radical (unpaired) electrons. The zero-order valence-corrected chi connectivity index (χ0v) is 15.8. The first-order chi connectivity index (χ1) is 13.1. The first kappa shape index (κ1) is 17.5. The maximum atomic E-state index is 12.6. The highest BCUT2D eigenvalue weighted by atomic mass is 16.2. The van der Waals surface area contributed by atoms with E-state index in [2.05, 4.69) is 34.1 Å². The highest BCUT2D eigenvalue weighted by molar-refractivity contribution is 6.01. The fourth-order valence-electron chi connectivity index (χ4n) is 3.54. The maximum Gasteiger partial charge on any atom is 0.270 e. The Kier molecular flexibility index (Phi) is 4.81. The summed E-state index contributed by atoms with van der Waals surface area (Å²) in [6.07, 6.45) is 1.63. The molecule has 140 valence electrons. The predicted molar refractivity (Wildman–Crippen MR) is 109 cm³/mol. The molecular formula is C21H25N5O. The van der Waals surface area contributed by atoms with Crippen molar-refractivity contribution in [1.29, 1.82) is 0 Å². The quantitative estimate of drug-likeness (QED) is 0.774. The molecule has 1 amide bonds. The Hall–Kier alpha value is -2.86. The van der Waals surface area contributed by atoms with Crippen molar-refractivity contribution >= 4 is 22.6 Å². The lowest BCUT2D eigenvalue weighted by molar-refractivity contribution is 0.101. The Morgan fingerprint density at radius 3 is 2.41 bits per heavy atom. The molecule has 0 spiro atoms. The Morgan fingerprint density at radius 1 is 1.00 bits per heavy atom. The minimum atomic E-state index is -0.144. The topological polar surface area (TPSA) is 53.4 Å². The van der Waals surface area contributed by atoms with E-state index in [1.165, 1.54) is 5.69 Å². The summed E-state index contributed by atoms with van der Waals surface area (Å²) in [6, 6.07) is 16.2. The molecular weight excluding hydrogens is 338 g/mol. The van der Waals surface area contributed by atoms with Crippen LogP contribution >= 0.6 is 0 Å². The van der Waals surface area contributed by atoms with Gasteiger partial charge in [-0.1, -0.05) is 12.1 Å². The normalized spacial score (nSPS) is 15.4. The molecule has 6 heteroatoms. The van der Waals surface area contributed by atoms with Crippen molar-refractivity contribution < 1.29 is 4.79 Å². The van der Waals surface area contributed by atoms with Gasteiger partial charge in [-0.05, 0) is 50.2 Å². The maximum absolute atomic E-state index is 12.6. The monoisotopic (exact) mass is 363 g/mol. The molecule has 1 fully saturated rings. The van der Waals surface area contributed by atoms with E-state index >= 15 is 0 Å². The molecule has 1 aliphatic rings. The largest absolute Gasteiger partial charge is 0.369 e. The van der Waals surface area contributed by atoms with Gasteiger partial charge in [0.15, 0.2) is 0 Å². The third-order valence-electron chi connectivity index (χ3n) is 5.21. The summed E-state index contributed by atoms with van der Waals surface area (Å²) in [5, 5.41) is 0. The fourth-order valence-corrected chi connectivity index (χ4v) is 3.54. The molecule has 1 aliphatic heterocycles. The molecule has 27 heavy (non-hydrogen) atoms. The van der Waals surface area contributed by atoms with Gasteiger partial charge in [0.05, 0.1) is 11.0 Å². The number of carbonyl (C=O) groups excluding carboxylic acids is 1. The average molecular weight is 363 g/mol. The average Bonchev–Trinajstić information content (AvgIpc) is 3.11. The second-order valence-corrected chi connectivity index (χ2v) is 7.21. The number of carbonyl (C=O) groups is 1. The van der Waals surface area contributed by atoms with E-state index in [-0.39, 0.29) is 5.91 Å². The van der Waals surface area contributed by atoms with Gasteiger partial charge in [-0.25, -0.2) is 9.66 Å². The molecule has 0 aliphatic carbocycles. The minimum Gasteiger partial charge on any atom is -0.369 e. The zero-order valence-electron chi connectivity index (χ0n) is 15.8. The number of benzene rings is 2. The van der Waals surface area contributed by atoms with Gasteiger partial charge in [0, 0.05) is 43.5 Å². The summed E-state index contributed by atoms with van der Waals surface area (Å²) < 4.78 is 1.66. The third-order valence-corrected chi connectivity index (χ3v) is 5.21. The van der Waals surface area contributed by atoms with Crippen LogP contribution in [-0.4, -0.2) is 52.7 Å². The van der Waals surface area contributed by atoms with Crippen LogP contribution in [0.15, 0.2) is 54.9 Å². The number of para-hydroxylation sites is 2. The molecule has 0 saturated carbocycles. The van der Waals surface area contributed by atoms with Gasteiger partial charge >= 0.3 is 0 Å². The molecule has 6 nitrogen and oxygen atoms in total. The number of anilines is 1. The van der Waals surface area contributed by atoms with Crippen LogP contribution in [0.1, 0.15) is 24.2 Å². The van der Waals surface area contributed by atoms with Crippen LogP contribution < -0.4 is 10.3 Å². The van der Waals surface area contributed by atoms with Crippen molar-refractivity contribution in [2.75, 3.05) is 36.5 Å². The van der Waals surface area contributed by atoms with Crippen LogP contribution in [0, 0.1) is 0 Å². The summed E-state index contributed by atoms with van der Waals surface area (Å²) in [7, 11) is 0. The second-order valence-electron chi connectivity index (χ2n) is 7.21. The lowest BCUT2D eigenvalue weighted by Gasteiger charge is -2.38. The molecule has 1 N–H and O–H groups in total. The Balaban J connectivity index is 1.42. The highest BCUT2D eigenvalue weighted by Crippen LogP contribution is 2.18. The number of rotatable bonds is 4. The van der Waals surface area contributed by atoms with Gasteiger partial charge in [-0.15, -0.1) is 0 Å². The summed E-state index contributed by atoms with van der Waals surface area (Å²) in [4.78, 5) is 21.8. The molecule has 0 unspecified atom stereocenters. The Morgan fingerprint density at radius 2 is 1.70 bits per heavy atom. The fraction of sp³-hybridized carbons (Fsp3) is 0.333. The van der Waals surface area contributed by atoms with Crippen LogP contribution in [0.3, 0.4) is 0 Å². The number of fused-ring (bicyclic) bond motifs is 1. The smallest absolute Gasteiger partial charge is 0.270 e. The van der Waals surface area contributed by atoms with Crippen LogP contribution in [0.5, 0.6) is 0 Å². The van der Waals surface area contributed by atoms with Crippen LogP contribution in [0.25, 0.3) is 11.0 Å². The highest BCUT2D eigenvalue weighted by Gasteiger charge is 2.19. The Bertz CT molecular complexity index is 923. The van der Waals surface area contributed by atoms with Crippen molar-refractivity contribution in [2.45, 2.75) is 19.9 Å². The SMILES string of the molecule is CC(C)N1CCN(c2ccc(C(=O)Nn3cnc4ccccc43)cc2)CC1. The third kappa shape index (κ3) is 3.66. The van der Waals surface area contributed by atoms with Crippen LogP contribution in [0.4, 0.5) is 5.69 Å². The van der Waals surface area contributed by atoms with Gasteiger partial charge in [0.2, 0.25) is 0 Å². The molecule has 4 rings (SSSR count). The van der Waals surface area contributed by atoms with Crippen molar-refractivity contribution in [1.82, 2.24) is 14.6 Å². The predicted octanol–water partition coefficient (Wildman–Crippen LogP) is 2.95. The van der Waals surface area contributed by atoms with Crippen LogP contribution in [-0.2, 0) is 0 Å². The standard InChI is InChI=1S/C21H25N5O/c1-16(2)24-11-13-25(14-12-24)18-9-7-17(8-10-18)21(27)23-26-15-22-19-5-3-4-6-20(19)26/h3-10,15-16H,11-14H2,1-2H3,(H,23,27). The molecule has 0 bridgehead atoms. The van der Waals surface area contributed by atoms with Crippen molar-refractivity contribution in [2.24, 2.45) is 0 Å². The molecule has 2 aromatic carbocycles. The zero-order chi connectivity index (χ0) is 18.8. The van der Waals surface area contributed by atoms with Crippen molar-refractivity contribution in [3.63, 3.8) is 0 Å². The van der Waals surface area contributed by atoms with Gasteiger partial charge in [-0.2, -0.15) is 0 Å². The van der Waals surface area contributed by atoms with Gasteiger partial charge < -0.3 is 4.90 Å². The van der Waals surface area contributed by atoms with E-state index in [0.29, 0.717) is 11.6 Å². The summed E-state index contributed by atoms with van der Waals surface area (Å²) in [5.41, 5.74) is 6.43. The lowest BCUT2D eigenvalue weighted by Crippen LogP contribution is -2.48. The molecule has 1 saturated heterocycles. The lowest BCUT2D eigenvalue weighted by atomic mass is 10.1. The number of hydrogen-bond acceptors (Lipinski definition) is 4. The van der Waals surface area contributed by atoms with E-state index in [1.807, 2.05) is 48.5 Å². The molecule has 3 aromatic rings. The molecule has 1 aromatic heterocycles. The van der Waals surface area contributed by atoms with E-state index in [4.69, 9.17) is 0 Å². The minimum absolute atomic E-state index is 0.144. The van der Waals surface area contributed by atoms with Gasteiger partial charge in [0.1, 0.15) is 6.33 Å². The van der Waals surface area contributed by atoms with E-state index in [0.717, 1.165) is 37.2 Å². The number of amides is 1. The second kappa shape index (κ2) is 7.40. The molecule has 0 atom stereocenters. The van der Waals surface area contributed by atoms with Crippen molar-refractivity contribution in [3.8, 4) is 0 Å². The van der Waals surface area contributed by atoms with Crippen molar-refractivity contribution in [3.05, 3.63) is 60.4 Å². The first-order valence-corrected chi connectivity index (χ1v) is 9.44. The van der Waals surface area contributed by atoms with Gasteiger partial charge in [-0.3, -0.25) is 15.1 Å². The van der Waals surface area contributed by atoms with Crippen LogP contribution in [0.2, 0.25) is 0 Å². The number of aromatic nitrogens is 2. The van der Waals surface area contributed by atoms with E-state index in [1.54, 1.807) is 11.0 Å². The number of piperazine rings is 1. The van der Waals surface area contributed by atoms with E-state index in [9.17, 15) is 4.79 Å². The van der Waals surface area contributed by atoms with Gasteiger partial charge in [0.25, 0.3) is 5.91 Å². The Labute approximate surface area is 159 Å².